The van der Waals surface area contributed by atoms with Gasteiger partial charge >= 0.3 is 0 Å². The van der Waals surface area contributed by atoms with Crippen LogP contribution in [0.3, 0.4) is 0 Å². The van der Waals surface area contributed by atoms with E-state index in [0.717, 1.165) is 8.66 Å². The predicted octanol–water partition coefficient (Wildman–Crippen LogP) is 2.48. The number of aryl methyl sites for hydroxylation is 1. The van der Waals surface area contributed by atoms with E-state index in [2.05, 4.69) is 42.2 Å². The number of rotatable bonds is 2. The van der Waals surface area contributed by atoms with E-state index in [1.54, 1.807) is 11.7 Å². The molecule has 0 bridgehead atoms. The molecular formula is C8H7Br2N3OS. The number of hydrogen-bond acceptors (Lipinski definition) is 4. The first-order valence-corrected chi connectivity index (χ1v) is 6.48. The van der Waals surface area contributed by atoms with Gasteiger partial charge in [0, 0.05) is 11.9 Å². The fraction of sp³-hybridized carbons (Fsp3) is 0.250. The lowest BCUT2D eigenvalue weighted by molar-refractivity contribution is 0.212. The summed E-state index contributed by atoms with van der Waals surface area (Å²) in [5.74, 6) is 0. The van der Waals surface area contributed by atoms with Gasteiger partial charge in [0.25, 0.3) is 0 Å². The molecule has 0 spiro atoms. The average Bonchev–Trinajstić information content (AvgIpc) is 2.73. The molecule has 1 atom stereocenters. The highest BCUT2D eigenvalue weighted by atomic mass is 79.9. The molecule has 0 aliphatic carbocycles. The minimum absolute atomic E-state index is 0.571. The quantitative estimate of drug-likeness (QED) is 0.903. The number of nitrogens with zero attached hydrogens (tertiary/aromatic N) is 3. The van der Waals surface area contributed by atoms with Crippen molar-refractivity contribution in [1.82, 2.24) is 15.0 Å². The van der Waals surface area contributed by atoms with Gasteiger partial charge in [-0.05, 0) is 44.0 Å². The van der Waals surface area contributed by atoms with Crippen LogP contribution in [-0.2, 0) is 7.05 Å². The average molecular weight is 353 g/mol. The Morgan fingerprint density at radius 1 is 1.47 bits per heavy atom. The molecule has 2 heterocycles. The first kappa shape index (κ1) is 11.3. The lowest BCUT2D eigenvalue weighted by atomic mass is 10.2. The number of hydrogen-bond donors (Lipinski definition) is 1. The molecule has 2 aromatic rings. The Hall–Kier alpha value is -0.240. The van der Waals surface area contributed by atoms with Gasteiger partial charge < -0.3 is 5.11 Å². The van der Waals surface area contributed by atoms with Crippen molar-refractivity contribution < 1.29 is 5.11 Å². The van der Waals surface area contributed by atoms with Gasteiger partial charge in [0.1, 0.15) is 11.8 Å². The van der Waals surface area contributed by atoms with Crippen LogP contribution in [0.15, 0.2) is 20.5 Å². The molecule has 0 saturated carbocycles. The van der Waals surface area contributed by atoms with Gasteiger partial charge in [-0.25, -0.2) is 4.68 Å². The summed E-state index contributed by atoms with van der Waals surface area (Å²) in [6.07, 6.45) is -0.698. The van der Waals surface area contributed by atoms with E-state index in [1.807, 2.05) is 12.1 Å². The van der Waals surface area contributed by atoms with Crippen molar-refractivity contribution in [2.75, 3.05) is 0 Å². The SMILES string of the molecule is Cn1nnc(Br)c1C(O)c1ccc(Br)s1. The Labute approximate surface area is 107 Å². The highest BCUT2D eigenvalue weighted by Crippen LogP contribution is 2.32. The molecule has 0 aliphatic heterocycles. The standard InChI is InChI=1S/C8H7Br2N3OS/c1-13-6(8(10)11-12-13)7(14)4-2-3-5(9)15-4/h2-3,7,14H,1H3. The highest BCUT2D eigenvalue weighted by molar-refractivity contribution is 9.11. The zero-order valence-electron chi connectivity index (χ0n) is 7.69. The molecule has 0 aromatic carbocycles. The molecule has 15 heavy (non-hydrogen) atoms. The van der Waals surface area contributed by atoms with E-state index in [0.29, 0.717) is 10.3 Å². The summed E-state index contributed by atoms with van der Waals surface area (Å²) in [4.78, 5) is 0.855. The first-order valence-electron chi connectivity index (χ1n) is 4.08. The van der Waals surface area contributed by atoms with E-state index in [4.69, 9.17) is 0 Å². The molecule has 2 aromatic heterocycles. The van der Waals surface area contributed by atoms with Crippen molar-refractivity contribution in [3.63, 3.8) is 0 Å². The molecular weight excluding hydrogens is 346 g/mol. The van der Waals surface area contributed by atoms with Crippen molar-refractivity contribution in [2.45, 2.75) is 6.10 Å². The number of aromatic nitrogens is 3. The third-order valence-corrected chi connectivity index (χ3v) is 4.19. The highest BCUT2D eigenvalue weighted by Gasteiger charge is 2.20. The van der Waals surface area contributed by atoms with E-state index in [9.17, 15) is 5.11 Å². The van der Waals surface area contributed by atoms with Gasteiger partial charge in [-0.2, -0.15) is 0 Å². The maximum Gasteiger partial charge on any atom is 0.154 e. The third-order valence-electron chi connectivity index (χ3n) is 1.95. The molecule has 0 saturated heterocycles. The molecule has 4 nitrogen and oxygen atoms in total. The van der Waals surface area contributed by atoms with Crippen molar-refractivity contribution in [3.05, 3.63) is 31.1 Å². The van der Waals surface area contributed by atoms with Gasteiger partial charge in [0.05, 0.1) is 3.79 Å². The lowest BCUT2D eigenvalue weighted by Crippen LogP contribution is -2.05. The third kappa shape index (κ3) is 2.15. The molecule has 0 aliphatic rings. The van der Waals surface area contributed by atoms with Crippen LogP contribution in [0.25, 0.3) is 0 Å². The number of halogens is 2. The molecule has 1 unspecified atom stereocenters. The second-order valence-electron chi connectivity index (χ2n) is 2.93. The fourth-order valence-corrected chi connectivity index (χ4v) is 3.20. The number of aliphatic hydroxyl groups excluding tert-OH is 1. The molecule has 2 rings (SSSR count). The van der Waals surface area contributed by atoms with Crippen LogP contribution in [0, 0.1) is 0 Å². The lowest BCUT2D eigenvalue weighted by Gasteiger charge is -2.08. The van der Waals surface area contributed by atoms with Gasteiger partial charge in [0.2, 0.25) is 0 Å². The fourth-order valence-electron chi connectivity index (χ4n) is 1.24. The number of thiophene rings is 1. The Kier molecular flexibility index (Phi) is 3.24. The van der Waals surface area contributed by atoms with Crippen LogP contribution in [-0.4, -0.2) is 20.1 Å². The second kappa shape index (κ2) is 4.32. The molecule has 1 N–H and O–H groups in total. The minimum atomic E-state index is -0.698. The van der Waals surface area contributed by atoms with Crippen molar-refractivity contribution in [2.24, 2.45) is 7.05 Å². The summed E-state index contributed by atoms with van der Waals surface area (Å²) in [5, 5.41) is 17.8. The maximum absolute atomic E-state index is 10.1. The van der Waals surface area contributed by atoms with Crippen LogP contribution in [0.1, 0.15) is 16.7 Å². The van der Waals surface area contributed by atoms with Crippen LogP contribution < -0.4 is 0 Å². The number of aliphatic hydroxyl groups is 1. The molecule has 0 amide bonds. The van der Waals surface area contributed by atoms with Crippen LogP contribution in [0.4, 0.5) is 0 Å². The van der Waals surface area contributed by atoms with Crippen molar-refractivity contribution >= 4 is 43.2 Å². The van der Waals surface area contributed by atoms with Crippen LogP contribution in [0.2, 0.25) is 0 Å². The summed E-state index contributed by atoms with van der Waals surface area (Å²) in [6.45, 7) is 0. The maximum atomic E-state index is 10.1. The van der Waals surface area contributed by atoms with Crippen molar-refractivity contribution in [1.29, 1.82) is 0 Å². The van der Waals surface area contributed by atoms with Gasteiger partial charge in [-0.1, -0.05) is 5.21 Å². The largest absolute Gasteiger partial charge is 0.381 e. The van der Waals surface area contributed by atoms with E-state index < -0.39 is 6.10 Å². The first-order chi connectivity index (χ1) is 7.09. The Morgan fingerprint density at radius 3 is 2.67 bits per heavy atom. The Bertz CT molecular complexity index is 462. The summed E-state index contributed by atoms with van der Waals surface area (Å²) in [5.41, 5.74) is 0.657. The van der Waals surface area contributed by atoms with E-state index >= 15 is 0 Å². The molecule has 80 valence electrons. The minimum Gasteiger partial charge on any atom is -0.381 e. The zero-order chi connectivity index (χ0) is 11.0. The smallest absolute Gasteiger partial charge is 0.154 e. The molecule has 0 radical (unpaired) electrons. The zero-order valence-corrected chi connectivity index (χ0v) is 11.7. The van der Waals surface area contributed by atoms with E-state index in [-0.39, 0.29) is 0 Å². The topological polar surface area (TPSA) is 50.9 Å². The normalized spacial score (nSPS) is 13.1. The van der Waals surface area contributed by atoms with Gasteiger partial charge in [-0.3, -0.25) is 0 Å². The Balaban J connectivity index is 2.40. The second-order valence-corrected chi connectivity index (χ2v) is 6.18. The Morgan fingerprint density at radius 2 is 2.20 bits per heavy atom. The summed E-state index contributed by atoms with van der Waals surface area (Å²) in [6, 6.07) is 3.78. The van der Waals surface area contributed by atoms with Crippen LogP contribution in [0.5, 0.6) is 0 Å². The summed E-state index contributed by atoms with van der Waals surface area (Å²) < 4.78 is 3.12. The van der Waals surface area contributed by atoms with E-state index in [1.165, 1.54) is 11.3 Å². The predicted molar refractivity (Wildman–Crippen MR) is 64.8 cm³/mol. The molecule has 7 heteroatoms. The summed E-state index contributed by atoms with van der Waals surface area (Å²) in [7, 11) is 1.75. The summed E-state index contributed by atoms with van der Waals surface area (Å²) >= 11 is 8.11. The monoisotopic (exact) mass is 351 g/mol. The molecule has 0 fully saturated rings. The van der Waals surface area contributed by atoms with Gasteiger partial charge in [0.15, 0.2) is 4.60 Å². The van der Waals surface area contributed by atoms with Crippen LogP contribution >= 0.6 is 43.2 Å². The van der Waals surface area contributed by atoms with Gasteiger partial charge in [-0.15, -0.1) is 16.4 Å². The van der Waals surface area contributed by atoms with Crippen molar-refractivity contribution in [3.8, 4) is 0 Å².